The molecule has 0 aliphatic carbocycles. The fourth-order valence-electron chi connectivity index (χ4n) is 1.56. The molecule has 1 rings (SSSR count). The van der Waals surface area contributed by atoms with Crippen molar-refractivity contribution in [3.63, 3.8) is 0 Å². The van der Waals surface area contributed by atoms with Gasteiger partial charge in [0.1, 0.15) is 0 Å². The van der Waals surface area contributed by atoms with E-state index in [2.05, 4.69) is 19.2 Å². The molecule has 0 aliphatic heterocycles. The summed E-state index contributed by atoms with van der Waals surface area (Å²) in [6.07, 6.45) is -0.580. The highest BCUT2D eigenvalue weighted by atomic mass is 35.5. The van der Waals surface area contributed by atoms with E-state index in [1.54, 1.807) is 6.07 Å². The van der Waals surface area contributed by atoms with Crippen LogP contribution in [-0.2, 0) is 4.74 Å². The standard InChI is InChI=1S/C14H22ClNO2/c1-11(2)10-18-8-7-16-9-14(17)12-5-3-4-6-13(12)15/h3-6,11,14,16-17H,7-10H2,1-2H3. The summed E-state index contributed by atoms with van der Waals surface area (Å²) in [6.45, 7) is 6.88. The van der Waals surface area contributed by atoms with Crippen molar-refractivity contribution in [1.29, 1.82) is 0 Å². The molecule has 0 heterocycles. The van der Waals surface area contributed by atoms with Crippen molar-refractivity contribution in [2.75, 3.05) is 26.3 Å². The zero-order chi connectivity index (χ0) is 13.4. The molecule has 0 saturated heterocycles. The number of benzene rings is 1. The zero-order valence-electron chi connectivity index (χ0n) is 11.0. The Bertz CT molecular complexity index is 344. The molecule has 0 spiro atoms. The van der Waals surface area contributed by atoms with E-state index >= 15 is 0 Å². The van der Waals surface area contributed by atoms with E-state index in [9.17, 15) is 5.11 Å². The van der Waals surface area contributed by atoms with Crippen molar-refractivity contribution in [3.8, 4) is 0 Å². The van der Waals surface area contributed by atoms with Crippen LogP contribution in [0.3, 0.4) is 0 Å². The molecule has 0 saturated carbocycles. The molecule has 4 heteroatoms. The SMILES string of the molecule is CC(C)COCCNCC(O)c1ccccc1Cl. The van der Waals surface area contributed by atoms with E-state index in [0.717, 1.165) is 18.7 Å². The zero-order valence-corrected chi connectivity index (χ0v) is 11.8. The molecule has 18 heavy (non-hydrogen) atoms. The number of hydrogen-bond acceptors (Lipinski definition) is 3. The van der Waals surface area contributed by atoms with E-state index in [4.69, 9.17) is 16.3 Å². The van der Waals surface area contributed by atoms with Crippen LogP contribution in [0, 0.1) is 5.92 Å². The molecule has 0 bridgehead atoms. The van der Waals surface area contributed by atoms with Crippen LogP contribution in [0.2, 0.25) is 5.02 Å². The van der Waals surface area contributed by atoms with Gasteiger partial charge in [0.2, 0.25) is 0 Å². The predicted octanol–water partition coefficient (Wildman–Crippen LogP) is 2.64. The van der Waals surface area contributed by atoms with Crippen LogP contribution in [0.5, 0.6) is 0 Å². The summed E-state index contributed by atoms with van der Waals surface area (Å²) in [7, 11) is 0. The van der Waals surface area contributed by atoms with E-state index in [0.29, 0.717) is 24.1 Å². The molecule has 1 atom stereocenters. The van der Waals surface area contributed by atoms with Gasteiger partial charge in [0.15, 0.2) is 0 Å². The fraction of sp³-hybridized carbons (Fsp3) is 0.571. The summed E-state index contributed by atoms with van der Waals surface area (Å²) in [5, 5.41) is 13.7. The van der Waals surface area contributed by atoms with E-state index in [-0.39, 0.29) is 0 Å². The summed E-state index contributed by atoms with van der Waals surface area (Å²) in [4.78, 5) is 0. The van der Waals surface area contributed by atoms with Gasteiger partial charge in [0, 0.05) is 30.3 Å². The molecule has 0 aliphatic rings. The molecular formula is C14H22ClNO2. The smallest absolute Gasteiger partial charge is 0.0928 e. The Morgan fingerprint density at radius 2 is 2.06 bits per heavy atom. The van der Waals surface area contributed by atoms with Gasteiger partial charge >= 0.3 is 0 Å². The lowest BCUT2D eigenvalue weighted by Gasteiger charge is -2.14. The maximum absolute atomic E-state index is 9.96. The van der Waals surface area contributed by atoms with Crippen molar-refractivity contribution in [3.05, 3.63) is 34.9 Å². The van der Waals surface area contributed by atoms with Crippen LogP contribution in [0.4, 0.5) is 0 Å². The molecule has 1 aromatic rings. The second kappa shape index (κ2) is 8.48. The molecule has 2 N–H and O–H groups in total. The van der Waals surface area contributed by atoms with E-state index in [1.807, 2.05) is 18.2 Å². The number of nitrogens with one attached hydrogen (secondary N) is 1. The molecule has 0 aromatic heterocycles. The van der Waals surface area contributed by atoms with Crippen LogP contribution in [-0.4, -0.2) is 31.4 Å². The van der Waals surface area contributed by atoms with Gasteiger partial charge in [-0.15, -0.1) is 0 Å². The van der Waals surface area contributed by atoms with Gasteiger partial charge < -0.3 is 15.2 Å². The lowest BCUT2D eigenvalue weighted by Crippen LogP contribution is -2.25. The lowest BCUT2D eigenvalue weighted by atomic mass is 10.1. The first-order valence-corrected chi connectivity index (χ1v) is 6.70. The Morgan fingerprint density at radius 1 is 1.33 bits per heavy atom. The molecular weight excluding hydrogens is 250 g/mol. The first-order chi connectivity index (χ1) is 8.61. The Hall–Kier alpha value is -0.610. The minimum absolute atomic E-state index is 0.481. The van der Waals surface area contributed by atoms with Crippen molar-refractivity contribution in [2.24, 2.45) is 5.92 Å². The molecule has 3 nitrogen and oxygen atoms in total. The largest absolute Gasteiger partial charge is 0.387 e. The minimum Gasteiger partial charge on any atom is -0.387 e. The maximum atomic E-state index is 9.96. The number of rotatable bonds is 8. The normalized spacial score (nSPS) is 12.9. The van der Waals surface area contributed by atoms with Gasteiger partial charge in [0.05, 0.1) is 12.7 Å². The highest BCUT2D eigenvalue weighted by Gasteiger charge is 2.09. The lowest BCUT2D eigenvalue weighted by molar-refractivity contribution is 0.107. The summed E-state index contributed by atoms with van der Waals surface area (Å²) >= 11 is 6.00. The predicted molar refractivity (Wildman–Crippen MR) is 74.9 cm³/mol. The van der Waals surface area contributed by atoms with E-state index < -0.39 is 6.10 Å². The quantitative estimate of drug-likeness (QED) is 0.714. The van der Waals surface area contributed by atoms with Crippen LogP contribution in [0.25, 0.3) is 0 Å². The summed E-state index contributed by atoms with van der Waals surface area (Å²) in [5.41, 5.74) is 0.759. The average molecular weight is 272 g/mol. The second-order valence-electron chi connectivity index (χ2n) is 4.71. The third-order valence-corrected chi connectivity index (χ3v) is 2.82. The number of hydrogen-bond donors (Lipinski definition) is 2. The van der Waals surface area contributed by atoms with Crippen molar-refractivity contribution < 1.29 is 9.84 Å². The van der Waals surface area contributed by atoms with Gasteiger partial charge in [-0.3, -0.25) is 0 Å². The van der Waals surface area contributed by atoms with Gasteiger partial charge in [-0.2, -0.15) is 0 Å². The Morgan fingerprint density at radius 3 is 2.72 bits per heavy atom. The van der Waals surface area contributed by atoms with Gasteiger partial charge in [-0.25, -0.2) is 0 Å². The fourth-order valence-corrected chi connectivity index (χ4v) is 1.82. The monoisotopic (exact) mass is 271 g/mol. The second-order valence-corrected chi connectivity index (χ2v) is 5.12. The molecule has 0 fully saturated rings. The summed E-state index contributed by atoms with van der Waals surface area (Å²) in [5.74, 6) is 0.554. The highest BCUT2D eigenvalue weighted by Crippen LogP contribution is 2.21. The molecule has 0 amide bonds. The van der Waals surface area contributed by atoms with E-state index in [1.165, 1.54) is 0 Å². The van der Waals surface area contributed by atoms with Crippen LogP contribution >= 0.6 is 11.6 Å². The summed E-state index contributed by atoms with van der Waals surface area (Å²) in [6, 6.07) is 7.34. The highest BCUT2D eigenvalue weighted by molar-refractivity contribution is 6.31. The van der Waals surface area contributed by atoms with Crippen molar-refractivity contribution in [1.82, 2.24) is 5.32 Å². The number of aliphatic hydroxyl groups is 1. The van der Waals surface area contributed by atoms with Gasteiger partial charge in [-0.1, -0.05) is 43.6 Å². The van der Waals surface area contributed by atoms with Crippen molar-refractivity contribution >= 4 is 11.6 Å². The van der Waals surface area contributed by atoms with Crippen LogP contribution in [0.15, 0.2) is 24.3 Å². The van der Waals surface area contributed by atoms with Gasteiger partial charge in [-0.05, 0) is 12.0 Å². The first-order valence-electron chi connectivity index (χ1n) is 6.32. The van der Waals surface area contributed by atoms with Crippen LogP contribution in [0.1, 0.15) is 25.5 Å². The maximum Gasteiger partial charge on any atom is 0.0928 e. The van der Waals surface area contributed by atoms with Crippen LogP contribution < -0.4 is 5.32 Å². The number of aliphatic hydroxyl groups excluding tert-OH is 1. The third kappa shape index (κ3) is 5.83. The third-order valence-electron chi connectivity index (χ3n) is 2.48. The molecule has 1 aromatic carbocycles. The summed E-state index contributed by atoms with van der Waals surface area (Å²) < 4.78 is 5.44. The van der Waals surface area contributed by atoms with Gasteiger partial charge in [0.25, 0.3) is 0 Å². The molecule has 1 unspecified atom stereocenters. The minimum atomic E-state index is -0.580. The number of halogens is 1. The average Bonchev–Trinajstić information content (AvgIpc) is 2.33. The molecule has 0 radical (unpaired) electrons. The Kier molecular flexibility index (Phi) is 7.28. The molecule has 102 valence electrons. The number of ether oxygens (including phenoxy) is 1. The Labute approximate surface area is 114 Å². The first kappa shape index (κ1) is 15.4. The van der Waals surface area contributed by atoms with Crippen molar-refractivity contribution in [2.45, 2.75) is 20.0 Å². The Balaban J connectivity index is 2.18. The topological polar surface area (TPSA) is 41.5 Å².